The molecule has 0 aliphatic carbocycles. The summed E-state index contributed by atoms with van der Waals surface area (Å²) >= 11 is 5.92. The maximum absolute atomic E-state index is 11.9. The second-order valence-electron chi connectivity index (χ2n) is 4.29. The van der Waals surface area contributed by atoms with Crippen LogP contribution in [0.5, 0.6) is 0 Å². The van der Waals surface area contributed by atoms with Gasteiger partial charge in [-0.15, -0.1) is 0 Å². The molecule has 2 rings (SSSR count). The first-order valence-corrected chi connectivity index (χ1v) is 5.97. The Hall–Kier alpha value is -0.870. The normalized spacial score (nSPS) is 20.2. The van der Waals surface area contributed by atoms with Crippen LogP contribution >= 0.6 is 11.6 Å². The summed E-state index contributed by atoms with van der Waals surface area (Å²) in [7, 11) is 1.75. The van der Waals surface area contributed by atoms with E-state index in [1.54, 1.807) is 11.7 Å². The molecular weight excluding hydrogens is 226 g/mol. The summed E-state index contributed by atoms with van der Waals surface area (Å²) in [5.41, 5.74) is 0.535. The number of nitrogens with one attached hydrogen (secondary N) is 1. The van der Waals surface area contributed by atoms with Crippen molar-refractivity contribution in [2.45, 2.75) is 19.3 Å². The second kappa shape index (κ2) is 4.97. The number of aryl methyl sites for hydroxylation is 1. The van der Waals surface area contributed by atoms with Gasteiger partial charge in [0, 0.05) is 13.5 Å². The summed E-state index contributed by atoms with van der Waals surface area (Å²) in [4.78, 5) is 11.9. The highest BCUT2D eigenvalue weighted by molar-refractivity contribution is 6.33. The van der Waals surface area contributed by atoms with Crippen molar-refractivity contribution in [1.29, 1.82) is 0 Å². The number of carbonyl (C=O) groups excluding carboxylic acids is 1. The van der Waals surface area contributed by atoms with E-state index in [2.05, 4.69) is 10.4 Å². The summed E-state index contributed by atoms with van der Waals surface area (Å²) in [6.45, 7) is 2.11. The predicted molar refractivity (Wildman–Crippen MR) is 62.8 cm³/mol. The minimum atomic E-state index is 0.0944. The van der Waals surface area contributed by atoms with Gasteiger partial charge in [0.15, 0.2) is 5.78 Å². The molecule has 1 N–H and O–H groups in total. The number of rotatable bonds is 4. The van der Waals surface area contributed by atoms with E-state index in [-0.39, 0.29) is 5.78 Å². The number of Topliss-reactive ketones (excluding diaryl/α,β-unsaturated/α-hetero) is 1. The van der Waals surface area contributed by atoms with Crippen LogP contribution < -0.4 is 5.32 Å². The molecule has 0 spiro atoms. The summed E-state index contributed by atoms with van der Waals surface area (Å²) in [5.74, 6) is 0.729. The number of hydrogen-bond acceptors (Lipinski definition) is 3. The predicted octanol–water partition coefficient (Wildman–Crippen LogP) is 1.65. The SMILES string of the molecule is Cn1ncc(Cl)c1C(=O)CCC1CCNC1. The fourth-order valence-electron chi connectivity index (χ4n) is 2.14. The Morgan fingerprint density at radius 1 is 1.75 bits per heavy atom. The molecule has 1 aromatic heterocycles. The van der Waals surface area contributed by atoms with E-state index in [0.29, 0.717) is 23.1 Å². The summed E-state index contributed by atoms with van der Waals surface area (Å²) in [5, 5.41) is 7.72. The Bertz CT molecular complexity index is 363. The lowest BCUT2D eigenvalue weighted by Crippen LogP contribution is -2.12. The number of nitrogens with zero attached hydrogens (tertiary/aromatic N) is 2. The van der Waals surface area contributed by atoms with Gasteiger partial charge in [-0.25, -0.2) is 0 Å². The highest BCUT2D eigenvalue weighted by Crippen LogP contribution is 2.20. The van der Waals surface area contributed by atoms with Gasteiger partial charge in [-0.05, 0) is 31.8 Å². The van der Waals surface area contributed by atoms with Crippen LogP contribution in [0.4, 0.5) is 0 Å². The molecule has 0 radical (unpaired) electrons. The van der Waals surface area contributed by atoms with Gasteiger partial charge in [-0.3, -0.25) is 9.48 Å². The Balaban J connectivity index is 1.92. The molecule has 1 aromatic rings. The van der Waals surface area contributed by atoms with Gasteiger partial charge in [0.1, 0.15) is 5.69 Å². The highest BCUT2D eigenvalue weighted by atomic mass is 35.5. The highest BCUT2D eigenvalue weighted by Gasteiger charge is 2.19. The Morgan fingerprint density at radius 3 is 3.12 bits per heavy atom. The standard InChI is InChI=1S/C11H16ClN3O/c1-15-11(9(12)7-14-15)10(16)3-2-8-4-5-13-6-8/h7-8,13H,2-6H2,1H3. The lowest BCUT2D eigenvalue weighted by Gasteiger charge is -2.07. The molecule has 0 aromatic carbocycles. The molecule has 0 bridgehead atoms. The topological polar surface area (TPSA) is 46.9 Å². The Labute approximate surface area is 100.0 Å². The molecule has 1 saturated heterocycles. The van der Waals surface area contributed by atoms with Crippen molar-refractivity contribution in [3.8, 4) is 0 Å². The number of halogens is 1. The second-order valence-corrected chi connectivity index (χ2v) is 4.69. The fraction of sp³-hybridized carbons (Fsp3) is 0.636. The van der Waals surface area contributed by atoms with E-state index in [1.165, 1.54) is 12.6 Å². The molecule has 5 heteroatoms. The lowest BCUT2D eigenvalue weighted by atomic mass is 10.00. The van der Waals surface area contributed by atoms with Crippen molar-refractivity contribution in [2.75, 3.05) is 13.1 Å². The molecule has 0 saturated carbocycles. The maximum atomic E-state index is 11.9. The van der Waals surface area contributed by atoms with E-state index < -0.39 is 0 Å². The summed E-state index contributed by atoms with van der Waals surface area (Å²) < 4.78 is 1.55. The van der Waals surface area contributed by atoms with Gasteiger partial charge in [0.2, 0.25) is 0 Å². The minimum absolute atomic E-state index is 0.0944. The first kappa shape index (κ1) is 11.6. The zero-order valence-electron chi connectivity index (χ0n) is 9.37. The van der Waals surface area contributed by atoms with Crippen LogP contribution in [-0.4, -0.2) is 28.7 Å². The molecule has 2 heterocycles. The third kappa shape index (κ3) is 2.44. The third-order valence-electron chi connectivity index (χ3n) is 3.10. The molecule has 1 fully saturated rings. The molecule has 88 valence electrons. The first-order valence-electron chi connectivity index (χ1n) is 5.60. The van der Waals surface area contributed by atoms with Crippen LogP contribution in [0.15, 0.2) is 6.20 Å². The van der Waals surface area contributed by atoms with Crippen molar-refractivity contribution in [3.05, 3.63) is 16.9 Å². The van der Waals surface area contributed by atoms with Crippen molar-refractivity contribution in [3.63, 3.8) is 0 Å². The van der Waals surface area contributed by atoms with E-state index in [4.69, 9.17) is 11.6 Å². The molecule has 1 aliphatic heterocycles. The van der Waals surface area contributed by atoms with Crippen LogP contribution in [0, 0.1) is 5.92 Å². The van der Waals surface area contributed by atoms with Crippen molar-refractivity contribution in [2.24, 2.45) is 13.0 Å². The largest absolute Gasteiger partial charge is 0.316 e. The molecule has 1 unspecified atom stereocenters. The average Bonchev–Trinajstić information content (AvgIpc) is 2.86. The quantitative estimate of drug-likeness (QED) is 0.816. The minimum Gasteiger partial charge on any atom is -0.316 e. The van der Waals surface area contributed by atoms with Crippen LogP contribution in [0.2, 0.25) is 5.02 Å². The third-order valence-corrected chi connectivity index (χ3v) is 3.38. The van der Waals surface area contributed by atoms with Crippen molar-refractivity contribution in [1.82, 2.24) is 15.1 Å². The van der Waals surface area contributed by atoms with Gasteiger partial charge in [0.05, 0.1) is 11.2 Å². The molecule has 16 heavy (non-hydrogen) atoms. The van der Waals surface area contributed by atoms with Crippen molar-refractivity contribution >= 4 is 17.4 Å². The number of hydrogen-bond donors (Lipinski definition) is 1. The van der Waals surface area contributed by atoms with Gasteiger partial charge >= 0.3 is 0 Å². The lowest BCUT2D eigenvalue weighted by molar-refractivity contribution is 0.0965. The number of ketones is 1. The van der Waals surface area contributed by atoms with Crippen LogP contribution in [0.3, 0.4) is 0 Å². The van der Waals surface area contributed by atoms with Gasteiger partial charge in [-0.1, -0.05) is 11.6 Å². The summed E-state index contributed by atoms with van der Waals surface area (Å²) in [6.07, 6.45) is 4.19. The fourth-order valence-corrected chi connectivity index (χ4v) is 2.41. The Kier molecular flexibility index (Phi) is 3.61. The van der Waals surface area contributed by atoms with Gasteiger partial charge in [-0.2, -0.15) is 5.10 Å². The Morgan fingerprint density at radius 2 is 2.56 bits per heavy atom. The van der Waals surface area contributed by atoms with E-state index in [0.717, 1.165) is 19.5 Å². The van der Waals surface area contributed by atoms with E-state index in [9.17, 15) is 4.79 Å². The molecule has 1 aliphatic rings. The smallest absolute Gasteiger partial charge is 0.182 e. The monoisotopic (exact) mass is 241 g/mol. The van der Waals surface area contributed by atoms with Crippen LogP contribution in [-0.2, 0) is 7.05 Å². The first-order chi connectivity index (χ1) is 7.68. The van der Waals surface area contributed by atoms with E-state index in [1.807, 2.05) is 0 Å². The molecular formula is C11H16ClN3O. The number of aromatic nitrogens is 2. The van der Waals surface area contributed by atoms with E-state index >= 15 is 0 Å². The number of carbonyl (C=O) groups is 1. The van der Waals surface area contributed by atoms with Gasteiger partial charge < -0.3 is 5.32 Å². The summed E-state index contributed by atoms with van der Waals surface area (Å²) in [6, 6.07) is 0. The molecule has 4 nitrogen and oxygen atoms in total. The zero-order valence-corrected chi connectivity index (χ0v) is 10.1. The molecule has 0 amide bonds. The zero-order chi connectivity index (χ0) is 11.5. The molecule has 1 atom stereocenters. The maximum Gasteiger partial charge on any atom is 0.182 e. The average molecular weight is 242 g/mol. The van der Waals surface area contributed by atoms with Crippen LogP contribution in [0.25, 0.3) is 0 Å². The van der Waals surface area contributed by atoms with Gasteiger partial charge in [0.25, 0.3) is 0 Å². The van der Waals surface area contributed by atoms with Crippen LogP contribution in [0.1, 0.15) is 29.8 Å². The van der Waals surface area contributed by atoms with Crippen molar-refractivity contribution < 1.29 is 4.79 Å².